The van der Waals surface area contributed by atoms with E-state index >= 15 is 0 Å². The summed E-state index contributed by atoms with van der Waals surface area (Å²) in [6, 6.07) is 18.4. The molecule has 2 aliphatic rings. The van der Waals surface area contributed by atoms with Crippen LogP contribution in [0, 0.1) is 23.7 Å². The molecule has 2 fully saturated rings. The molecule has 2 saturated heterocycles. The predicted molar refractivity (Wildman–Crippen MR) is 161 cm³/mol. The fourth-order valence-corrected chi connectivity index (χ4v) is 6.14. The quantitative estimate of drug-likeness (QED) is 0.217. The lowest BCUT2D eigenvalue weighted by Crippen LogP contribution is -2.34. The summed E-state index contributed by atoms with van der Waals surface area (Å²) in [6.45, 7) is 4.40. The highest BCUT2D eigenvalue weighted by molar-refractivity contribution is 5.49. The van der Waals surface area contributed by atoms with Gasteiger partial charge in [-0.05, 0) is 77.1 Å². The highest BCUT2D eigenvalue weighted by Crippen LogP contribution is 2.30. The molecule has 2 aromatic heterocycles. The van der Waals surface area contributed by atoms with Crippen LogP contribution in [0.5, 0.6) is 0 Å². The number of aromatic nitrogens is 2. The van der Waals surface area contributed by atoms with E-state index in [1.54, 1.807) is 0 Å². The van der Waals surface area contributed by atoms with E-state index in [0.29, 0.717) is 12.1 Å². The zero-order valence-corrected chi connectivity index (χ0v) is 24.4. The Morgan fingerprint density at radius 3 is 1.57 bits per heavy atom. The zero-order valence-electron chi connectivity index (χ0n) is 24.4. The normalized spacial score (nSPS) is 19.1. The van der Waals surface area contributed by atoms with Gasteiger partial charge in [-0.15, -0.1) is 0 Å². The van der Waals surface area contributed by atoms with Crippen molar-refractivity contribution in [2.75, 3.05) is 27.2 Å². The monoisotopic (exact) mass is 532 g/mol. The molecule has 4 nitrogen and oxygen atoms in total. The lowest BCUT2D eigenvalue weighted by Gasteiger charge is -2.18. The SMILES string of the molecule is CN1CCC[C@H]1c1ccc[n+](CCCC#Cc2ccccc2C#CCCC[n+]2cccc([C@@H]3CCCN3C)c2)c1. The molecule has 5 rings (SSSR count). The smallest absolute Gasteiger partial charge is 0.173 e. The van der Waals surface area contributed by atoms with Gasteiger partial charge in [0.25, 0.3) is 0 Å². The number of aryl methyl sites for hydroxylation is 2. The molecule has 2 aliphatic heterocycles. The van der Waals surface area contributed by atoms with E-state index in [1.807, 2.05) is 0 Å². The molecule has 0 N–H and O–H groups in total. The number of likely N-dealkylation sites (tertiary alicyclic amines) is 2. The van der Waals surface area contributed by atoms with Gasteiger partial charge in [-0.3, -0.25) is 9.80 Å². The van der Waals surface area contributed by atoms with Crippen molar-refractivity contribution in [1.82, 2.24) is 9.80 Å². The number of nitrogens with zero attached hydrogens (tertiary/aromatic N) is 4. The molecule has 0 bridgehead atoms. The summed E-state index contributed by atoms with van der Waals surface area (Å²) < 4.78 is 4.65. The first-order chi connectivity index (χ1) is 19.7. The minimum atomic E-state index is 0.568. The van der Waals surface area contributed by atoms with Gasteiger partial charge in [0, 0.05) is 72.2 Å². The Morgan fingerprint density at radius 1 is 0.675 bits per heavy atom. The van der Waals surface area contributed by atoms with E-state index in [0.717, 1.165) is 49.9 Å². The number of hydrogen-bond donors (Lipinski definition) is 0. The Balaban J connectivity index is 1.09. The van der Waals surface area contributed by atoms with E-state index in [2.05, 4.69) is 130 Å². The van der Waals surface area contributed by atoms with Gasteiger partial charge in [0.2, 0.25) is 0 Å². The largest absolute Gasteiger partial charge is 0.299 e. The van der Waals surface area contributed by atoms with Crippen LogP contribution in [0.1, 0.15) is 85.7 Å². The van der Waals surface area contributed by atoms with Gasteiger partial charge < -0.3 is 0 Å². The van der Waals surface area contributed by atoms with Gasteiger partial charge in [-0.1, -0.05) is 35.8 Å². The van der Waals surface area contributed by atoms with Crippen LogP contribution in [-0.4, -0.2) is 37.0 Å². The van der Waals surface area contributed by atoms with Gasteiger partial charge in [0.1, 0.15) is 13.1 Å². The van der Waals surface area contributed by atoms with Gasteiger partial charge in [0.15, 0.2) is 24.8 Å². The molecule has 4 heteroatoms. The summed E-state index contributed by atoms with van der Waals surface area (Å²) in [5.74, 6) is 13.6. The second kappa shape index (κ2) is 14.3. The number of rotatable bonds is 8. The fourth-order valence-electron chi connectivity index (χ4n) is 6.14. The van der Waals surface area contributed by atoms with Crippen molar-refractivity contribution in [3.63, 3.8) is 0 Å². The molecular weight excluding hydrogens is 488 g/mol. The molecule has 2 atom stereocenters. The van der Waals surface area contributed by atoms with Gasteiger partial charge in [-0.2, -0.15) is 0 Å². The summed E-state index contributed by atoms with van der Waals surface area (Å²) in [4.78, 5) is 4.94. The van der Waals surface area contributed by atoms with Crippen molar-refractivity contribution < 1.29 is 9.13 Å². The maximum Gasteiger partial charge on any atom is 0.173 e. The lowest BCUT2D eigenvalue weighted by molar-refractivity contribution is -0.697. The van der Waals surface area contributed by atoms with E-state index in [-0.39, 0.29) is 0 Å². The van der Waals surface area contributed by atoms with Crippen LogP contribution in [0.2, 0.25) is 0 Å². The molecule has 0 aliphatic carbocycles. The summed E-state index contributed by atoms with van der Waals surface area (Å²) >= 11 is 0. The third kappa shape index (κ3) is 7.60. The summed E-state index contributed by atoms with van der Waals surface area (Å²) in [5.41, 5.74) is 4.95. The molecule has 3 aromatic rings. The predicted octanol–water partition coefficient (Wildman–Crippen LogP) is 5.46. The Labute approximate surface area is 241 Å². The van der Waals surface area contributed by atoms with Crippen molar-refractivity contribution in [3.8, 4) is 23.7 Å². The second-order valence-electron chi connectivity index (χ2n) is 11.4. The maximum absolute atomic E-state index is 3.40. The van der Waals surface area contributed by atoms with Crippen molar-refractivity contribution in [2.45, 2.75) is 76.5 Å². The van der Waals surface area contributed by atoms with Gasteiger partial charge >= 0.3 is 0 Å². The molecule has 0 radical (unpaired) electrons. The molecule has 0 unspecified atom stereocenters. The average molecular weight is 533 g/mol. The highest BCUT2D eigenvalue weighted by Gasteiger charge is 2.25. The fraction of sp³-hybridized carbons (Fsp3) is 0.444. The average Bonchev–Trinajstić information content (AvgIpc) is 3.61. The Bertz CT molecular complexity index is 1280. The van der Waals surface area contributed by atoms with Crippen molar-refractivity contribution >= 4 is 0 Å². The van der Waals surface area contributed by atoms with E-state index in [9.17, 15) is 0 Å². The Kier molecular flexibility index (Phi) is 10.0. The van der Waals surface area contributed by atoms with E-state index in [4.69, 9.17) is 0 Å². The molecule has 0 saturated carbocycles. The first-order valence-electron chi connectivity index (χ1n) is 15.1. The van der Waals surface area contributed by atoms with E-state index in [1.165, 1.54) is 49.9 Å². The van der Waals surface area contributed by atoms with Crippen molar-refractivity contribution in [3.05, 3.63) is 95.6 Å². The number of benzene rings is 1. The van der Waals surface area contributed by atoms with Crippen LogP contribution in [0.3, 0.4) is 0 Å². The maximum atomic E-state index is 3.40. The zero-order chi connectivity index (χ0) is 27.6. The van der Waals surface area contributed by atoms with E-state index < -0.39 is 0 Å². The van der Waals surface area contributed by atoms with Crippen LogP contribution < -0.4 is 9.13 Å². The summed E-state index contributed by atoms with van der Waals surface area (Å²) in [7, 11) is 4.48. The second-order valence-corrected chi connectivity index (χ2v) is 11.4. The first kappa shape index (κ1) is 28.1. The molecule has 40 heavy (non-hydrogen) atoms. The highest BCUT2D eigenvalue weighted by atomic mass is 15.2. The third-order valence-electron chi connectivity index (χ3n) is 8.38. The van der Waals surface area contributed by atoms with Crippen LogP contribution in [0.25, 0.3) is 0 Å². The molecule has 0 amide bonds. The van der Waals surface area contributed by atoms with Gasteiger partial charge in [-0.25, -0.2) is 9.13 Å². The van der Waals surface area contributed by atoms with Crippen LogP contribution in [0.4, 0.5) is 0 Å². The first-order valence-corrected chi connectivity index (χ1v) is 15.1. The number of unbranched alkanes of at least 4 members (excludes halogenated alkanes) is 2. The Hall–Kier alpha value is -3.44. The lowest BCUT2D eigenvalue weighted by atomic mass is 10.1. The third-order valence-corrected chi connectivity index (χ3v) is 8.38. The number of pyridine rings is 2. The minimum absolute atomic E-state index is 0.568. The molecule has 1 aromatic carbocycles. The Morgan fingerprint density at radius 2 is 1.15 bits per heavy atom. The van der Waals surface area contributed by atoms with Crippen LogP contribution in [-0.2, 0) is 13.1 Å². The number of hydrogen-bond acceptors (Lipinski definition) is 2. The topological polar surface area (TPSA) is 14.2 Å². The molecule has 4 heterocycles. The van der Waals surface area contributed by atoms with Crippen LogP contribution in [0.15, 0.2) is 73.3 Å². The standard InChI is InChI=1S/C36H44N4/c1-37-23-13-21-35(37)33-19-11-27-39(29-33)25-9-3-5-15-31-17-7-8-18-32(31)16-6-4-10-26-40-28-12-20-34(30-40)36-22-14-24-38(36)2/h7-8,11-12,17-20,27-30,35-36H,3-4,9-10,13-14,21-26H2,1-2H3/q+2/t35-,36-/m0/s1. The summed E-state index contributed by atoms with van der Waals surface area (Å²) in [6.07, 6.45) is 18.0. The molecule has 206 valence electrons. The van der Waals surface area contributed by atoms with Crippen molar-refractivity contribution in [2.24, 2.45) is 0 Å². The van der Waals surface area contributed by atoms with Crippen LogP contribution >= 0.6 is 0 Å². The van der Waals surface area contributed by atoms with Gasteiger partial charge in [0.05, 0.1) is 0 Å². The molecular formula is C36H44N4+2. The van der Waals surface area contributed by atoms with Crippen molar-refractivity contribution in [1.29, 1.82) is 0 Å². The minimum Gasteiger partial charge on any atom is -0.299 e. The molecule has 0 spiro atoms. The summed E-state index contributed by atoms with van der Waals surface area (Å²) in [5, 5.41) is 0.